The number of ketones is 1. The number of carbonyl (C=O) groups is 2. The zero-order valence-corrected chi connectivity index (χ0v) is 16.2. The Hall–Kier alpha value is -2.46. The maximum Gasteiger partial charge on any atom is 0.282 e. The lowest BCUT2D eigenvalue weighted by Crippen LogP contribution is -3.17. The molecule has 0 unspecified atom stereocenters. The Labute approximate surface area is 161 Å². The van der Waals surface area contributed by atoms with Gasteiger partial charge in [0.25, 0.3) is 5.91 Å². The largest absolute Gasteiger partial charge is 0.325 e. The number of likely N-dealkylation sites (tertiary alicyclic amines) is 1. The van der Waals surface area contributed by atoms with Crippen molar-refractivity contribution in [1.82, 2.24) is 0 Å². The number of hydrogen-bond acceptors (Lipinski definition) is 2. The molecule has 3 rings (SSSR count). The second kappa shape index (κ2) is 8.96. The van der Waals surface area contributed by atoms with Crippen LogP contribution >= 0.6 is 0 Å². The molecule has 0 bridgehead atoms. The smallest absolute Gasteiger partial charge is 0.282 e. The van der Waals surface area contributed by atoms with Gasteiger partial charge in [-0.1, -0.05) is 30.3 Å². The first-order valence-electron chi connectivity index (χ1n) is 9.83. The third-order valence-corrected chi connectivity index (χ3v) is 5.68. The first kappa shape index (κ1) is 19.3. The Morgan fingerprint density at radius 1 is 1.04 bits per heavy atom. The molecule has 1 fully saturated rings. The molecule has 2 N–H and O–H groups in total. The third-order valence-electron chi connectivity index (χ3n) is 5.68. The number of quaternary nitrogens is 1. The first-order valence-corrected chi connectivity index (χ1v) is 9.83. The molecular formula is C23H29N2O2+. The van der Waals surface area contributed by atoms with Crippen LogP contribution in [0.4, 0.5) is 5.69 Å². The number of amides is 1. The SMILES string of the molecule is CC(=O)c1ccc(NC(=O)[C@@H](C)[NH+]2CCC(Cc3ccccc3)CC2)cc1. The maximum absolute atomic E-state index is 12.6. The highest BCUT2D eigenvalue weighted by atomic mass is 16.2. The van der Waals surface area contributed by atoms with Crippen molar-refractivity contribution in [1.29, 1.82) is 0 Å². The van der Waals surface area contributed by atoms with Crippen molar-refractivity contribution < 1.29 is 14.5 Å². The summed E-state index contributed by atoms with van der Waals surface area (Å²) in [4.78, 5) is 25.3. The lowest BCUT2D eigenvalue weighted by molar-refractivity contribution is -0.919. The molecule has 2 aromatic carbocycles. The Bertz CT molecular complexity index is 763. The van der Waals surface area contributed by atoms with Crippen LogP contribution < -0.4 is 10.2 Å². The van der Waals surface area contributed by atoms with Crippen LogP contribution in [-0.4, -0.2) is 30.8 Å². The van der Waals surface area contributed by atoms with E-state index in [1.807, 2.05) is 6.92 Å². The third kappa shape index (κ3) is 5.27. The summed E-state index contributed by atoms with van der Waals surface area (Å²) in [5.41, 5.74) is 2.81. The molecule has 1 aliphatic rings. The zero-order chi connectivity index (χ0) is 19.2. The summed E-state index contributed by atoms with van der Waals surface area (Å²) < 4.78 is 0. The quantitative estimate of drug-likeness (QED) is 0.774. The van der Waals surface area contributed by atoms with Crippen molar-refractivity contribution in [2.45, 2.75) is 39.2 Å². The number of anilines is 1. The van der Waals surface area contributed by atoms with Crippen LogP contribution in [0.1, 0.15) is 42.6 Å². The maximum atomic E-state index is 12.6. The van der Waals surface area contributed by atoms with Gasteiger partial charge < -0.3 is 10.2 Å². The average molecular weight is 365 g/mol. The van der Waals surface area contributed by atoms with E-state index in [9.17, 15) is 9.59 Å². The molecule has 4 heteroatoms. The Balaban J connectivity index is 1.48. The van der Waals surface area contributed by atoms with E-state index < -0.39 is 0 Å². The van der Waals surface area contributed by atoms with Crippen LogP contribution in [0.15, 0.2) is 54.6 Å². The molecule has 0 aromatic heterocycles. The van der Waals surface area contributed by atoms with Crippen LogP contribution in [0.5, 0.6) is 0 Å². The van der Waals surface area contributed by atoms with E-state index in [2.05, 4.69) is 35.6 Å². The Morgan fingerprint density at radius 2 is 1.67 bits per heavy atom. The predicted octanol–water partition coefficient (Wildman–Crippen LogP) is 2.75. The first-order chi connectivity index (χ1) is 13.0. The summed E-state index contributed by atoms with van der Waals surface area (Å²) in [6.07, 6.45) is 3.46. The molecule has 0 saturated carbocycles. The standard InChI is InChI=1S/C23H28N2O2/c1-17(23(27)24-22-10-8-21(9-11-22)18(2)26)25-14-12-20(13-15-25)16-19-6-4-3-5-7-19/h3-11,17,20H,12-16H2,1-2H3,(H,24,27)/p+1/t17-/m1/s1. The molecule has 1 amide bonds. The monoisotopic (exact) mass is 365 g/mol. The van der Waals surface area contributed by atoms with E-state index in [1.54, 1.807) is 31.2 Å². The van der Waals surface area contributed by atoms with Gasteiger partial charge in [0.05, 0.1) is 13.1 Å². The van der Waals surface area contributed by atoms with Gasteiger partial charge in [-0.3, -0.25) is 9.59 Å². The van der Waals surface area contributed by atoms with Gasteiger partial charge in [-0.05, 0) is 68.9 Å². The lowest BCUT2D eigenvalue weighted by atomic mass is 9.89. The summed E-state index contributed by atoms with van der Waals surface area (Å²) in [5, 5.41) is 2.99. The number of nitrogens with one attached hydrogen (secondary N) is 2. The average Bonchev–Trinajstić information content (AvgIpc) is 2.69. The van der Waals surface area contributed by atoms with E-state index in [4.69, 9.17) is 0 Å². The second-order valence-corrected chi connectivity index (χ2v) is 7.64. The molecule has 0 aliphatic carbocycles. The molecule has 2 aromatic rings. The fourth-order valence-electron chi connectivity index (χ4n) is 3.86. The Morgan fingerprint density at radius 3 is 2.26 bits per heavy atom. The van der Waals surface area contributed by atoms with Gasteiger partial charge in [-0.2, -0.15) is 0 Å². The molecule has 27 heavy (non-hydrogen) atoms. The predicted molar refractivity (Wildman–Crippen MR) is 108 cm³/mol. The van der Waals surface area contributed by atoms with Crippen molar-refractivity contribution >= 4 is 17.4 Å². The summed E-state index contributed by atoms with van der Waals surface area (Å²) >= 11 is 0. The van der Waals surface area contributed by atoms with E-state index >= 15 is 0 Å². The molecule has 142 valence electrons. The highest BCUT2D eigenvalue weighted by Crippen LogP contribution is 2.17. The van der Waals surface area contributed by atoms with Gasteiger partial charge in [0, 0.05) is 11.3 Å². The van der Waals surface area contributed by atoms with Gasteiger partial charge in [0.1, 0.15) is 0 Å². The minimum absolute atomic E-state index is 0.0315. The summed E-state index contributed by atoms with van der Waals surface area (Å²) in [7, 11) is 0. The molecule has 1 aliphatic heterocycles. The molecule has 1 atom stereocenters. The van der Waals surface area contributed by atoms with Crippen LogP contribution in [0, 0.1) is 5.92 Å². The summed E-state index contributed by atoms with van der Waals surface area (Å²) in [6.45, 7) is 5.62. The molecule has 4 nitrogen and oxygen atoms in total. The zero-order valence-electron chi connectivity index (χ0n) is 16.2. The molecule has 0 radical (unpaired) electrons. The fraction of sp³-hybridized carbons (Fsp3) is 0.391. The van der Waals surface area contributed by atoms with Crippen molar-refractivity contribution in [3.63, 3.8) is 0 Å². The van der Waals surface area contributed by atoms with Crippen molar-refractivity contribution in [3.8, 4) is 0 Å². The molecular weight excluding hydrogens is 336 g/mol. The molecule has 1 heterocycles. The normalized spacial score (nSPS) is 20.7. The van der Waals surface area contributed by atoms with Gasteiger partial charge in [0.2, 0.25) is 0 Å². The highest BCUT2D eigenvalue weighted by molar-refractivity contribution is 5.96. The van der Waals surface area contributed by atoms with Gasteiger partial charge in [-0.15, -0.1) is 0 Å². The number of Topliss-reactive ketones (excluding diaryl/α,β-unsaturated/α-hetero) is 1. The number of carbonyl (C=O) groups excluding carboxylic acids is 2. The van der Waals surface area contributed by atoms with Crippen LogP contribution in [-0.2, 0) is 11.2 Å². The van der Waals surface area contributed by atoms with Crippen LogP contribution in [0.2, 0.25) is 0 Å². The number of hydrogen-bond donors (Lipinski definition) is 2. The number of piperidine rings is 1. The second-order valence-electron chi connectivity index (χ2n) is 7.64. The van der Waals surface area contributed by atoms with Crippen molar-refractivity contribution in [3.05, 3.63) is 65.7 Å². The van der Waals surface area contributed by atoms with Gasteiger partial charge in [-0.25, -0.2) is 0 Å². The lowest BCUT2D eigenvalue weighted by Gasteiger charge is -2.32. The Kier molecular flexibility index (Phi) is 6.40. The van der Waals surface area contributed by atoms with E-state index in [0.717, 1.165) is 38.0 Å². The highest BCUT2D eigenvalue weighted by Gasteiger charge is 2.30. The van der Waals surface area contributed by atoms with Crippen LogP contribution in [0.3, 0.4) is 0 Å². The van der Waals surface area contributed by atoms with Crippen molar-refractivity contribution in [2.24, 2.45) is 5.92 Å². The number of rotatable bonds is 6. The fourth-order valence-corrected chi connectivity index (χ4v) is 3.86. The molecule has 0 spiro atoms. The number of benzene rings is 2. The van der Waals surface area contributed by atoms with E-state index in [0.29, 0.717) is 11.5 Å². The summed E-state index contributed by atoms with van der Waals surface area (Å²) in [6, 6.07) is 17.7. The van der Waals surface area contributed by atoms with E-state index in [-0.39, 0.29) is 17.7 Å². The van der Waals surface area contributed by atoms with Crippen LogP contribution in [0.25, 0.3) is 0 Å². The minimum Gasteiger partial charge on any atom is -0.325 e. The van der Waals surface area contributed by atoms with Crippen molar-refractivity contribution in [2.75, 3.05) is 18.4 Å². The van der Waals surface area contributed by atoms with Gasteiger partial charge >= 0.3 is 0 Å². The van der Waals surface area contributed by atoms with Gasteiger partial charge in [0.15, 0.2) is 11.8 Å². The van der Waals surface area contributed by atoms with E-state index in [1.165, 1.54) is 10.5 Å². The molecule has 1 saturated heterocycles. The minimum atomic E-state index is -0.0739. The topological polar surface area (TPSA) is 50.6 Å². The summed E-state index contributed by atoms with van der Waals surface area (Å²) in [5.74, 6) is 0.789.